The van der Waals surface area contributed by atoms with Crippen molar-refractivity contribution in [2.45, 2.75) is 19.8 Å². The monoisotopic (exact) mass is 414 g/mol. The van der Waals surface area contributed by atoms with E-state index in [-0.39, 0.29) is 11.8 Å². The maximum absolute atomic E-state index is 12.2. The van der Waals surface area contributed by atoms with E-state index in [9.17, 15) is 9.59 Å². The zero-order chi connectivity index (χ0) is 20.8. The minimum Gasteiger partial charge on any atom is -0.493 e. The Balaban J connectivity index is 1.65. The summed E-state index contributed by atoms with van der Waals surface area (Å²) in [6, 6.07) is 10.7. The van der Waals surface area contributed by atoms with E-state index in [1.54, 1.807) is 35.2 Å². The molecule has 0 unspecified atom stereocenters. The summed E-state index contributed by atoms with van der Waals surface area (Å²) in [6.07, 6.45) is 4.53. The van der Waals surface area contributed by atoms with E-state index in [4.69, 9.17) is 21.1 Å². The fraction of sp³-hybridized carbons (Fsp3) is 0.273. The second-order valence-electron chi connectivity index (χ2n) is 6.49. The quantitative estimate of drug-likeness (QED) is 0.676. The molecular formula is C22H23ClN2O4. The summed E-state index contributed by atoms with van der Waals surface area (Å²) < 4.78 is 10.8. The van der Waals surface area contributed by atoms with Crippen molar-refractivity contribution < 1.29 is 19.1 Å². The smallest absolute Gasteiger partial charge is 0.248 e. The van der Waals surface area contributed by atoms with Crippen LogP contribution in [0.4, 0.5) is 11.4 Å². The summed E-state index contributed by atoms with van der Waals surface area (Å²) in [4.78, 5) is 25.8. The van der Waals surface area contributed by atoms with E-state index in [0.717, 1.165) is 18.7 Å². The summed E-state index contributed by atoms with van der Waals surface area (Å²) >= 11 is 6.25. The van der Waals surface area contributed by atoms with Crippen molar-refractivity contribution in [3.05, 3.63) is 53.1 Å². The Morgan fingerprint density at radius 2 is 2.03 bits per heavy atom. The van der Waals surface area contributed by atoms with Gasteiger partial charge in [-0.25, -0.2) is 0 Å². The number of ether oxygens (including phenoxy) is 2. The summed E-state index contributed by atoms with van der Waals surface area (Å²) in [7, 11) is 1.54. The zero-order valence-electron chi connectivity index (χ0n) is 16.4. The minimum atomic E-state index is -0.279. The third-order valence-electron chi connectivity index (χ3n) is 4.49. The SMILES string of the molecule is CCOc1c(Cl)cc(/C=C/C(=O)Nc2ccc(N3CCCC3=O)cc2)cc1OC. The molecule has 2 aromatic carbocycles. The number of benzene rings is 2. The lowest BCUT2D eigenvalue weighted by Crippen LogP contribution is -2.23. The maximum atomic E-state index is 12.2. The molecular weight excluding hydrogens is 392 g/mol. The topological polar surface area (TPSA) is 67.9 Å². The Bertz CT molecular complexity index is 925. The molecule has 2 aromatic rings. The van der Waals surface area contributed by atoms with Gasteiger partial charge < -0.3 is 19.7 Å². The first kappa shape index (κ1) is 20.7. The summed E-state index contributed by atoms with van der Waals surface area (Å²) in [5.41, 5.74) is 2.21. The Labute approximate surface area is 175 Å². The highest BCUT2D eigenvalue weighted by atomic mass is 35.5. The maximum Gasteiger partial charge on any atom is 0.248 e. The molecule has 1 N–H and O–H groups in total. The molecule has 1 heterocycles. The number of anilines is 2. The van der Waals surface area contributed by atoms with Crippen molar-refractivity contribution in [3.63, 3.8) is 0 Å². The molecule has 0 saturated carbocycles. The van der Waals surface area contributed by atoms with Gasteiger partial charge in [0.2, 0.25) is 11.8 Å². The Kier molecular flexibility index (Phi) is 6.77. The standard InChI is InChI=1S/C22H23ClN2O4/c1-3-29-22-18(23)13-15(14-19(22)28-2)6-11-20(26)24-16-7-9-17(10-8-16)25-12-4-5-21(25)27/h6-11,13-14H,3-5,12H2,1-2H3,(H,24,26)/b11-6+. The molecule has 2 amide bonds. The van der Waals surface area contributed by atoms with Crippen LogP contribution in [0.3, 0.4) is 0 Å². The van der Waals surface area contributed by atoms with Gasteiger partial charge in [-0.1, -0.05) is 11.6 Å². The van der Waals surface area contributed by atoms with Crippen LogP contribution in [0.5, 0.6) is 11.5 Å². The largest absolute Gasteiger partial charge is 0.493 e. The molecule has 0 spiro atoms. The first-order chi connectivity index (χ1) is 14.0. The number of nitrogens with one attached hydrogen (secondary N) is 1. The van der Waals surface area contributed by atoms with Crippen LogP contribution in [-0.4, -0.2) is 32.1 Å². The Hall–Kier alpha value is -2.99. The van der Waals surface area contributed by atoms with Crippen LogP contribution in [0, 0.1) is 0 Å². The highest BCUT2D eigenvalue weighted by Gasteiger charge is 2.21. The van der Waals surface area contributed by atoms with Crippen LogP contribution >= 0.6 is 11.6 Å². The summed E-state index contributed by atoms with van der Waals surface area (Å²) in [5.74, 6) is 0.842. The number of carbonyl (C=O) groups is 2. The van der Waals surface area contributed by atoms with Crippen LogP contribution < -0.4 is 19.7 Å². The van der Waals surface area contributed by atoms with Gasteiger partial charge in [0.05, 0.1) is 18.7 Å². The van der Waals surface area contributed by atoms with Gasteiger partial charge in [-0.3, -0.25) is 9.59 Å². The van der Waals surface area contributed by atoms with E-state index in [2.05, 4.69) is 5.32 Å². The molecule has 1 fully saturated rings. The normalized spacial score (nSPS) is 13.8. The summed E-state index contributed by atoms with van der Waals surface area (Å²) in [6.45, 7) is 3.07. The average Bonchev–Trinajstić information content (AvgIpc) is 3.14. The fourth-order valence-electron chi connectivity index (χ4n) is 3.12. The van der Waals surface area contributed by atoms with Gasteiger partial charge >= 0.3 is 0 Å². The second kappa shape index (κ2) is 9.47. The number of hydrogen-bond acceptors (Lipinski definition) is 4. The Morgan fingerprint density at radius 1 is 1.28 bits per heavy atom. The molecule has 0 aliphatic carbocycles. The van der Waals surface area contributed by atoms with E-state index < -0.39 is 0 Å². The molecule has 7 heteroatoms. The van der Waals surface area contributed by atoms with Crippen LogP contribution in [-0.2, 0) is 9.59 Å². The lowest BCUT2D eigenvalue weighted by molar-refractivity contribution is -0.117. The molecule has 3 rings (SSSR count). The highest BCUT2D eigenvalue weighted by molar-refractivity contribution is 6.32. The van der Waals surface area contributed by atoms with Gasteiger partial charge in [0, 0.05) is 30.4 Å². The molecule has 0 aromatic heterocycles. The third kappa shape index (κ3) is 5.09. The van der Waals surface area contributed by atoms with Crippen molar-refractivity contribution in [1.29, 1.82) is 0 Å². The van der Waals surface area contributed by atoms with Crippen molar-refractivity contribution in [1.82, 2.24) is 0 Å². The molecule has 1 aliphatic rings. The van der Waals surface area contributed by atoms with Crippen LogP contribution in [0.25, 0.3) is 6.08 Å². The minimum absolute atomic E-state index is 0.133. The number of halogens is 1. The Morgan fingerprint density at radius 3 is 2.66 bits per heavy atom. The van der Waals surface area contributed by atoms with Gasteiger partial charge in [-0.15, -0.1) is 0 Å². The molecule has 0 atom stereocenters. The molecule has 0 radical (unpaired) electrons. The van der Waals surface area contributed by atoms with Gasteiger partial charge in [-0.05, 0) is 61.4 Å². The zero-order valence-corrected chi connectivity index (χ0v) is 17.2. The molecule has 0 bridgehead atoms. The predicted octanol–water partition coefficient (Wildman–Crippen LogP) is 4.53. The molecule has 152 valence electrons. The number of hydrogen-bond donors (Lipinski definition) is 1. The highest BCUT2D eigenvalue weighted by Crippen LogP contribution is 2.36. The summed E-state index contributed by atoms with van der Waals surface area (Å²) in [5, 5.41) is 3.21. The first-order valence-corrected chi connectivity index (χ1v) is 9.79. The number of carbonyl (C=O) groups excluding carboxylic acids is 2. The molecule has 6 nitrogen and oxygen atoms in total. The van der Waals surface area contributed by atoms with Crippen molar-refractivity contribution in [2.24, 2.45) is 0 Å². The van der Waals surface area contributed by atoms with Crippen LogP contribution in [0.15, 0.2) is 42.5 Å². The van der Waals surface area contributed by atoms with E-state index in [1.165, 1.54) is 13.2 Å². The van der Waals surface area contributed by atoms with E-state index >= 15 is 0 Å². The number of methoxy groups -OCH3 is 1. The molecule has 29 heavy (non-hydrogen) atoms. The van der Waals surface area contributed by atoms with E-state index in [0.29, 0.717) is 40.8 Å². The van der Waals surface area contributed by atoms with Crippen molar-refractivity contribution in [2.75, 3.05) is 30.5 Å². The average molecular weight is 415 g/mol. The lowest BCUT2D eigenvalue weighted by atomic mass is 10.2. The van der Waals surface area contributed by atoms with Gasteiger partial charge in [0.15, 0.2) is 11.5 Å². The third-order valence-corrected chi connectivity index (χ3v) is 4.77. The number of nitrogens with zero attached hydrogens (tertiary/aromatic N) is 1. The van der Waals surface area contributed by atoms with Gasteiger partial charge in [0.25, 0.3) is 0 Å². The molecule has 1 aliphatic heterocycles. The second-order valence-corrected chi connectivity index (χ2v) is 6.89. The van der Waals surface area contributed by atoms with Gasteiger partial charge in [-0.2, -0.15) is 0 Å². The van der Waals surface area contributed by atoms with E-state index in [1.807, 2.05) is 19.1 Å². The predicted molar refractivity (Wildman–Crippen MR) is 115 cm³/mol. The van der Waals surface area contributed by atoms with Crippen LogP contribution in [0.2, 0.25) is 5.02 Å². The fourth-order valence-corrected chi connectivity index (χ4v) is 3.40. The number of amides is 2. The van der Waals surface area contributed by atoms with Crippen molar-refractivity contribution >= 4 is 40.9 Å². The first-order valence-electron chi connectivity index (χ1n) is 9.41. The lowest BCUT2D eigenvalue weighted by Gasteiger charge is -2.15. The van der Waals surface area contributed by atoms with Gasteiger partial charge in [0.1, 0.15) is 0 Å². The molecule has 1 saturated heterocycles. The number of rotatable bonds is 7. The van der Waals surface area contributed by atoms with Crippen molar-refractivity contribution in [3.8, 4) is 11.5 Å². The van der Waals surface area contributed by atoms with Crippen LogP contribution in [0.1, 0.15) is 25.3 Å².